The van der Waals surface area contributed by atoms with Gasteiger partial charge in [-0.1, -0.05) is 37.8 Å². The smallest absolute Gasteiger partial charge is 0.237 e. The SMILES string of the molecule is CC1(C)CC(=O)c2cnc(NC(=O)CSC(=S)N3CCCCC3)nc2C1. The van der Waals surface area contributed by atoms with E-state index in [0.717, 1.165) is 30.3 Å². The minimum Gasteiger partial charge on any atom is -0.358 e. The van der Waals surface area contributed by atoms with Gasteiger partial charge >= 0.3 is 0 Å². The standard InChI is InChI=1S/C18H24N4O2S2/c1-18(2)8-13-12(14(23)9-18)10-19-16(20-13)21-15(24)11-26-17(25)22-6-4-3-5-7-22/h10H,3-9,11H2,1-2H3,(H,19,20,21,24). The zero-order valence-corrected chi connectivity index (χ0v) is 16.8. The average Bonchev–Trinajstić information content (AvgIpc) is 2.59. The largest absolute Gasteiger partial charge is 0.358 e. The third-order valence-electron chi connectivity index (χ3n) is 4.65. The first-order valence-electron chi connectivity index (χ1n) is 8.95. The van der Waals surface area contributed by atoms with Gasteiger partial charge in [-0.3, -0.25) is 14.9 Å². The van der Waals surface area contributed by atoms with Crippen LogP contribution in [0.3, 0.4) is 0 Å². The van der Waals surface area contributed by atoms with E-state index >= 15 is 0 Å². The van der Waals surface area contributed by atoms with E-state index in [1.54, 1.807) is 0 Å². The van der Waals surface area contributed by atoms with E-state index in [1.807, 2.05) is 13.8 Å². The summed E-state index contributed by atoms with van der Waals surface area (Å²) in [7, 11) is 0. The van der Waals surface area contributed by atoms with Crippen LogP contribution in [-0.2, 0) is 11.2 Å². The van der Waals surface area contributed by atoms with Crippen LogP contribution < -0.4 is 5.32 Å². The number of amides is 1. The lowest BCUT2D eigenvalue weighted by Crippen LogP contribution is -2.33. The number of carbonyl (C=O) groups is 2. The van der Waals surface area contributed by atoms with E-state index in [9.17, 15) is 9.59 Å². The summed E-state index contributed by atoms with van der Waals surface area (Å²) in [5.41, 5.74) is 1.17. The van der Waals surface area contributed by atoms with Gasteiger partial charge in [0.25, 0.3) is 0 Å². The van der Waals surface area contributed by atoms with Gasteiger partial charge in [0, 0.05) is 25.7 Å². The third-order valence-corrected chi connectivity index (χ3v) is 6.17. The third kappa shape index (κ3) is 4.79. The van der Waals surface area contributed by atoms with Gasteiger partial charge in [-0.25, -0.2) is 9.97 Å². The minimum atomic E-state index is -0.185. The van der Waals surface area contributed by atoms with Crippen molar-refractivity contribution in [2.45, 2.75) is 46.0 Å². The quantitative estimate of drug-likeness (QED) is 0.792. The first-order chi connectivity index (χ1) is 12.3. The number of piperidine rings is 1. The second kappa shape index (κ2) is 8.00. The van der Waals surface area contributed by atoms with Crippen LogP contribution in [0.5, 0.6) is 0 Å². The number of fused-ring (bicyclic) bond motifs is 1. The number of hydrogen-bond donors (Lipinski definition) is 1. The topological polar surface area (TPSA) is 75.2 Å². The van der Waals surface area contributed by atoms with Crippen LogP contribution in [0.4, 0.5) is 5.95 Å². The molecule has 3 rings (SSSR count). The van der Waals surface area contributed by atoms with E-state index in [0.29, 0.717) is 24.1 Å². The predicted molar refractivity (Wildman–Crippen MR) is 108 cm³/mol. The summed E-state index contributed by atoms with van der Waals surface area (Å²) in [5.74, 6) is 0.372. The molecule has 26 heavy (non-hydrogen) atoms. The first-order valence-corrected chi connectivity index (χ1v) is 10.3. The number of thiocarbonyl (C=S) groups is 1. The number of hydrogen-bond acceptors (Lipinski definition) is 6. The number of Topliss-reactive ketones (excluding diaryl/α,β-unsaturated/α-hetero) is 1. The molecule has 1 fully saturated rings. The van der Waals surface area contributed by atoms with E-state index in [4.69, 9.17) is 12.2 Å². The molecule has 8 heteroatoms. The highest BCUT2D eigenvalue weighted by atomic mass is 32.2. The van der Waals surface area contributed by atoms with Crippen LogP contribution in [-0.4, -0.2) is 49.7 Å². The van der Waals surface area contributed by atoms with E-state index in [2.05, 4.69) is 20.2 Å². The number of thioether (sulfide) groups is 1. The molecule has 1 aliphatic heterocycles. The Bertz CT molecular complexity index is 730. The molecule has 2 aliphatic rings. The highest BCUT2D eigenvalue weighted by molar-refractivity contribution is 8.23. The number of nitrogens with one attached hydrogen (secondary N) is 1. The molecule has 0 saturated carbocycles. The van der Waals surface area contributed by atoms with Crippen molar-refractivity contribution in [3.8, 4) is 0 Å². The van der Waals surface area contributed by atoms with Gasteiger partial charge in [0.1, 0.15) is 4.32 Å². The molecule has 1 aliphatic carbocycles. The summed E-state index contributed by atoms with van der Waals surface area (Å²) < 4.78 is 0.776. The van der Waals surface area contributed by atoms with Crippen LogP contribution in [0.1, 0.15) is 55.6 Å². The molecule has 1 aromatic heterocycles. The average molecular weight is 393 g/mol. The zero-order chi connectivity index (χ0) is 18.7. The molecule has 1 N–H and O–H groups in total. The number of rotatable bonds is 3. The molecule has 0 unspecified atom stereocenters. The maximum absolute atomic E-state index is 12.2. The summed E-state index contributed by atoms with van der Waals surface area (Å²) >= 11 is 6.79. The van der Waals surface area contributed by atoms with Crippen LogP contribution in [0.15, 0.2) is 6.20 Å². The van der Waals surface area contributed by atoms with Gasteiger partial charge in [-0.15, -0.1) is 0 Å². The fourth-order valence-corrected chi connectivity index (χ4v) is 4.40. The summed E-state index contributed by atoms with van der Waals surface area (Å²) in [6.45, 7) is 6.05. The Balaban J connectivity index is 1.56. The second-order valence-electron chi connectivity index (χ2n) is 7.65. The highest BCUT2D eigenvalue weighted by Crippen LogP contribution is 2.33. The summed E-state index contributed by atoms with van der Waals surface area (Å²) in [4.78, 5) is 35.1. The van der Waals surface area contributed by atoms with Gasteiger partial charge in [-0.05, 0) is 31.1 Å². The van der Waals surface area contributed by atoms with Crippen LogP contribution in [0.25, 0.3) is 0 Å². The maximum Gasteiger partial charge on any atom is 0.237 e. The Morgan fingerprint density at radius 2 is 2.04 bits per heavy atom. The van der Waals surface area contributed by atoms with Gasteiger partial charge < -0.3 is 4.90 Å². The zero-order valence-electron chi connectivity index (χ0n) is 15.2. The number of likely N-dealkylation sites (tertiary alicyclic amines) is 1. The molecular formula is C18H24N4O2S2. The number of aromatic nitrogens is 2. The predicted octanol–water partition coefficient (Wildman–Crippen LogP) is 3.07. The maximum atomic E-state index is 12.2. The molecule has 0 radical (unpaired) electrons. The molecule has 1 aromatic rings. The Morgan fingerprint density at radius 1 is 1.31 bits per heavy atom. The molecule has 0 atom stereocenters. The fraction of sp³-hybridized carbons (Fsp3) is 0.611. The normalized spacial score (nSPS) is 19.0. The molecule has 1 saturated heterocycles. The van der Waals surface area contributed by atoms with Gasteiger partial charge in [0.2, 0.25) is 11.9 Å². The molecule has 2 heterocycles. The number of nitrogens with zero attached hydrogens (tertiary/aromatic N) is 3. The highest BCUT2D eigenvalue weighted by Gasteiger charge is 2.32. The van der Waals surface area contributed by atoms with Crippen molar-refractivity contribution in [2.24, 2.45) is 5.41 Å². The number of carbonyl (C=O) groups excluding carboxylic acids is 2. The van der Waals surface area contributed by atoms with Crippen molar-refractivity contribution >= 4 is 45.9 Å². The Hall–Kier alpha value is -1.54. The van der Waals surface area contributed by atoms with E-state index in [-0.39, 0.29) is 28.8 Å². The van der Waals surface area contributed by atoms with Gasteiger partial charge in [0.05, 0.1) is 17.0 Å². The first kappa shape index (κ1) is 19.2. The molecule has 0 aromatic carbocycles. The van der Waals surface area contributed by atoms with Crippen molar-refractivity contribution in [2.75, 3.05) is 24.2 Å². The van der Waals surface area contributed by atoms with Crippen molar-refractivity contribution in [3.05, 3.63) is 17.5 Å². The van der Waals surface area contributed by atoms with E-state index in [1.165, 1.54) is 24.4 Å². The van der Waals surface area contributed by atoms with Crippen LogP contribution in [0.2, 0.25) is 0 Å². The van der Waals surface area contributed by atoms with Crippen molar-refractivity contribution < 1.29 is 9.59 Å². The van der Waals surface area contributed by atoms with Crippen LogP contribution in [0, 0.1) is 5.41 Å². The Morgan fingerprint density at radius 3 is 2.77 bits per heavy atom. The van der Waals surface area contributed by atoms with Crippen molar-refractivity contribution in [3.63, 3.8) is 0 Å². The molecule has 6 nitrogen and oxygen atoms in total. The van der Waals surface area contributed by atoms with E-state index < -0.39 is 0 Å². The molecule has 1 amide bonds. The lowest BCUT2D eigenvalue weighted by molar-refractivity contribution is -0.113. The molecule has 140 valence electrons. The molecular weight excluding hydrogens is 368 g/mol. The van der Waals surface area contributed by atoms with Crippen LogP contribution >= 0.6 is 24.0 Å². The van der Waals surface area contributed by atoms with Crippen molar-refractivity contribution in [1.82, 2.24) is 14.9 Å². The van der Waals surface area contributed by atoms with Gasteiger partial charge in [-0.2, -0.15) is 0 Å². The summed E-state index contributed by atoms with van der Waals surface area (Å²) in [6, 6.07) is 0. The number of anilines is 1. The van der Waals surface area contributed by atoms with Gasteiger partial charge in [0.15, 0.2) is 5.78 Å². The second-order valence-corrected chi connectivity index (χ2v) is 9.25. The summed E-state index contributed by atoms with van der Waals surface area (Å²) in [6.07, 6.45) is 6.29. The lowest BCUT2D eigenvalue weighted by Gasteiger charge is -2.29. The Kier molecular flexibility index (Phi) is 5.92. The number of ketones is 1. The lowest BCUT2D eigenvalue weighted by atomic mass is 9.76. The molecule has 0 spiro atoms. The minimum absolute atomic E-state index is 0.0663. The monoisotopic (exact) mass is 392 g/mol. The fourth-order valence-electron chi connectivity index (χ4n) is 3.35. The Labute approximate surface area is 163 Å². The van der Waals surface area contributed by atoms with Crippen molar-refractivity contribution in [1.29, 1.82) is 0 Å². The summed E-state index contributed by atoms with van der Waals surface area (Å²) in [5, 5.41) is 2.72. The molecule has 0 bridgehead atoms.